The Morgan fingerprint density at radius 3 is 0.933 bits per heavy atom. The number of nitrogen functional groups attached to an aromatic ring is 4. The minimum absolute atomic E-state index is 0.111. The topological polar surface area (TPSA) is 365 Å². The molecule has 0 aliphatic heterocycles. The van der Waals surface area contributed by atoms with Crippen LogP contribution < -0.4 is 85.9 Å². The van der Waals surface area contributed by atoms with Crippen molar-refractivity contribution in [3.63, 3.8) is 0 Å². The number of hydrogen-bond donors (Lipinski definition) is 8. The number of fused-ring (bicyclic) bond motifs is 4. The predicted molar refractivity (Wildman–Crippen MR) is 472 cm³/mol. The minimum Gasteiger partial charge on any atom is -0.497 e. The number of imidazole rings is 4. The predicted octanol–water partition coefficient (Wildman–Crippen LogP) is 12.9. The molecular weight excluding hydrogens is 1520 g/mol. The molecule has 4 amide bonds. The van der Waals surface area contributed by atoms with E-state index in [0.29, 0.717) is 117 Å². The molecule has 0 saturated carbocycles. The van der Waals surface area contributed by atoms with E-state index < -0.39 is 0 Å². The van der Waals surface area contributed by atoms with Crippen LogP contribution in [0.3, 0.4) is 0 Å². The number of hydrogen-bond acceptors (Lipinski definition) is 16. The summed E-state index contributed by atoms with van der Waals surface area (Å²) in [5, 5.41) is 11.2. The first kappa shape index (κ1) is 82.0. The van der Waals surface area contributed by atoms with Crippen LogP contribution in [-0.4, -0.2) is 88.6 Å². The molecule has 0 spiro atoms. The third-order valence-corrected chi connectivity index (χ3v) is 20.5. The molecule has 0 unspecified atom stereocenters. The van der Waals surface area contributed by atoms with E-state index in [9.17, 15) is 38.4 Å². The maximum Gasteiger partial charge on any atom is 0.329 e. The van der Waals surface area contributed by atoms with Crippen LogP contribution >= 0.6 is 0 Å². The van der Waals surface area contributed by atoms with Crippen molar-refractivity contribution in [2.45, 2.75) is 26.2 Å². The monoisotopic (exact) mass is 1610 g/mol. The van der Waals surface area contributed by atoms with E-state index in [1.54, 1.807) is 190 Å². The second kappa shape index (κ2) is 36.2. The summed E-state index contributed by atoms with van der Waals surface area (Å²) in [5.74, 6) is 1.70. The van der Waals surface area contributed by atoms with Crippen molar-refractivity contribution in [2.24, 2.45) is 28.2 Å². The summed E-state index contributed by atoms with van der Waals surface area (Å²) in [5.41, 5.74) is 39.4. The number of carbonyl (C=O) groups excluding carboxylic acids is 4. The number of carbonyl (C=O) groups is 4. The van der Waals surface area contributed by atoms with Gasteiger partial charge in [-0.2, -0.15) is 0 Å². The Hall–Kier alpha value is -16.0. The van der Waals surface area contributed by atoms with E-state index >= 15 is 0 Å². The van der Waals surface area contributed by atoms with Gasteiger partial charge in [-0.05, 0) is 168 Å². The third kappa shape index (κ3) is 17.8. The second-order valence-electron chi connectivity index (χ2n) is 28.0. The number of amides is 4. The molecule has 0 fully saturated rings. The van der Waals surface area contributed by atoms with Crippen LogP contribution in [0.15, 0.2) is 286 Å². The van der Waals surface area contributed by atoms with Gasteiger partial charge in [-0.1, -0.05) is 109 Å². The number of methoxy groups -OCH3 is 4. The standard InChI is InChI=1S/4C23H22N4O3/c1-26-21-19(8-5-9-20(21)30-2)27(23(26)29)14-15-10-12-16(13-11-15)22(28)25-18-7-4-3-6-17(18)24;1-26-19-8-5-9-20(30-2)21(19)27(23(26)29)14-15-10-12-16(13-11-15)22(28)25-18-7-4-3-6-17(18)24;1-26-21-13-17(30-2)11-12-20(21)27(23(26)29)14-15-7-9-16(10-8-15)22(28)25-19-6-4-3-5-18(19)24;1-26-20-12-11-17(30-2)13-21(20)27(23(26)29)14-15-7-9-16(10-8-15)22(28)25-19-6-4-3-5-18(19)24/h4*3-13H,14,24H2,1-2H3,(H,25,28). The summed E-state index contributed by atoms with van der Waals surface area (Å²) in [4.78, 5) is 101. The zero-order valence-electron chi connectivity index (χ0n) is 67.0. The summed E-state index contributed by atoms with van der Waals surface area (Å²) >= 11 is 0. The van der Waals surface area contributed by atoms with Crippen molar-refractivity contribution in [3.05, 3.63) is 353 Å². The fourth-order valence-electron chi connectivity index (χ4n) is 13.8. The van der Waals surface area contributed by atoms with Crippen LogP contribution in [0.4, 0.5) is 45.5 Å². The van der Waals surface area contributed by atoms with Crippen LogP contribution in [0.5, 0.6) is 23.0 Å². The zero-order valence-corrected chi connectivity index (χ0v) is 67.0. The van der Waals surface area contributed by atoms with Gasteiger partial charge in [0.25, 0.3) is 23.6 Å². The SMILES string of the molecule is COc1ccc2c(c1)n(C)c(=O)n2Cc1ccc(C(=O)Nc2ccccc2N)cc1.COc1ccc2c(c1)n(Cc1ccc(C(=O)Nc3ccccc3N)cc1)c(=O)n2C.COc1cccc2c1n(C)c(=O)n2Cc1ccc(C(=O)Nc2ccccc2N)cc1.COc1cccc2c1n(Cc1ccc(C(=O)Nc3ccccc3N)cc1)c(=O)n2C. The van der Waals surface area contributed by atoms with Crippen LogP contribution in [-0.2, 0) is 54.4 Å². The lowest BCUT2D eigenvalue weighted by Crippen LogP contribution is -2.22. The smallest absolute Gasteiger partial charge is 0.329 e. The Balaban J connectivity index is 0.000000138. The summed E-state index contributed by atoms with van der Waals surface area (Å²) in [7, 11) is 13.3. The first-order chi connectivity index (χ1) is 57.9. The number of aromatic nitrogens is 8. The Morgan fingerprint density at radius 1 is 0.275 bits per heavy atom. The lowest BCUT2D eigenvalue weighted by Gasteiger charge is -2.09. The van der Waals surface area contributed by atoms with Gasteiger partial charge in [0.15, 0.2) is 0 Å². The van der Waals surface area contributed by atoms with E-state index in [1.807, 2.05) is 170 Å². The molecule has 12 aromatic carbocycles. The van der Waals surface area contributed by atoms with Crippen LogP contribution in [0, 0.1) is 0 Å². The van der Waals surface area contributed by atoms with Gasteiger partial charge < -0.3 is 63.1 Å². The minimum atomic E-state index is -0.247. The third-order valence-electron chi connectivity index (χ3n) is 20.5. The molecule has 16 rings (SSSR count). The Kier molecular flexibility index (Phi) is 24.8. The molecular formula is C92H88N16O12. The van der Waals surface area contributed by atoms with Gasteiger partial charge >= 0.3 is 22.8 Å². The van der Waals surface area contributed by atoms with Gasteiger partial charge in [0.05, 0.1) is 133 Å². The molecule has 0 saturated heterocycles. The second-order valence-corrected chi connectivity index (χ2v) is 28.0. The Bertz CT molecular complexity index is 6650. The fraction of sp³-hybridized carbons (Fsp3) is 0.130. The Labute approximate surface area is 687 Å². The largest absolute Gasteiger partial charge is 0.497 e. The van der Waals surface area contributed by atoms with Crippen molar-refractivity contribution in [1.82, 2.24) is 36.5 Å². The molecule has 28 nitrogen and oxygen atoms in total. The van der Waals surface area contributed by atoms with E-state index in [1.165, 1.54) is 0 Å². The molecule has 120 heavy (non-hydrogen) atoms. The molecule has 12 N–H and O–H groups in total. The molecule has 28 heteroatoms. The van der Waals surface area contributed by atoms with E-state index in [4.69, 9.17) is 41.9 Å². The summed E-state index contributed by atoms with van der Waals surface area (Å²) in [6, 6.07) is 79.3. The van der Waals surface area contributed by atoms with Gasteiger partial charge in [0.1, 0.15) is 34.0 Å². The van der Waals surface area contributed by atoms with Gasteiger partial charge in [0, 0.05) is 62.6 Å². The molecule has 0 aliphatic rings. The molecule has 0 aliphatic carbocycles. The number of benzene rings is 12. The number of ether oxygens (including phenoxy) is 4. The molecule has 0 bridgehead atoms. The first-order valence-electron chi connectivity index (χ1n) is 37.8. The fourth-order valence-corrected chi connectivity index (χ4v) is 13.8. The molecule has 0 radical (unpaired) electrons. The quantitative estimate of drug-likeness (QED) is 0.0329. The van der Waals surface area contributed by atoms with E-state index in [2.05, 4.69) is 21.3 Å². The highest BCUT2D eigenvalue weighted by molar-refractivity contribution is 6.08. The average molecular weight is 1610 g/mol. The van der Waals surface area contributed by atoms with Crippen molar-refractivity contribution in [1.29, 1.82) is 0 Å². The summed E-state index contributed by atoms with van der Waals surface area (Å²) in [6.45, 7) is 1.54. The molecule has 608 valence electrons. The van der Waals surface area contributed by atoms with Crippen LogP contribution in [0.25, 0.3) is 44.1 Å². The number of nitrogens with zero attached hydrogens (tertiary/aromatic N) is 8. The lowest BCUT2D eigenvalue weighted by atomic mass is 10.1. The van der Waals surface area contributed by atoms with Crippen molar-refractivity contribution in [3.8, 4) is 23.0 Å². The zero-order chi connectivity index (χ0) is 85.0. The van der Waals surface area contributed by atoms with Crippen molar-refractivity contribution >= 4 is 113 Å². The number of nitrogens with two attached hydrogens (primary N) is 4. The molecule has 0 atom stereocenters. The molecule has 16 aromatic rings. The van der Waals surface area contributed by atoms with Gasteiger partial charge in [-0.25, -0.2) is 19.2 Å². The maximum atomic E-state index is 12.8. The van der Waals surface area contributed by atoms with Crippen LogP contribution in [0.2, 0.25) is 0 Å². The highest BCUT2D eigenvalue weighted by Gasteiger charge is 2.21. The van der Waals surface area contributed by atoms with Crippen LogP contribution in [0.1, 0.15) is 63.7 Å². The summed E-state index contributed by atoms with van der Waals surface area (Å²) < 4.78 is 34.6. The normalized spacial score (nSPS) is 10.9. The Morgan fingerprint density at radius 2 is 0.567 bits per heavy atom. The van der Waals surface area contributed by atoms with E-state index in [-0.39, 0.29) is 46.4 Å². The van der Waals surface area contributed by atoms with Gasteiger partial charge in [-0.3, -0.25) is 55.7 Å². The molecule has 4 aromatic heterocycles. The number of aryl methyl sites for hydroxylation is 4. The number of anilines is 8. The van der Waals surface area contributed by atoms with Crippen molar-refractivity contribution in [2.75, 3.05) is 72.6 Å². The van der Waals surface area contributed by atoms with Gasteiger partial charge in [0.2, 0.25) is 0 Å². The number of rotatable bonds is 20. The average Bonchev–Trinajstić information content (AvgIpc) is 1.62. The lowest BCUT2D eigenvalue weighted by molar-refractivity contribution is 0.101. The highest BCUT2D eigenvalue weighted by Crippen LogP contribution is 2.30. The summed E-state index contributed by atoms with van der Waals surface area (Å²) in [6.07, 6.45) is 0. The maximum absolute atomic E-state index is 12.8. The highest BCUT2D eigenvalue weighted by atomic mass is 16.5. The molecule has 4 heterocycles. The van der Waals surface area contributed by atoms with Crippen molar-refractivity contribution < 1.29 is 38.1 Å². The first-order valence-corrected chi connectivity index (χ1v) is 37.8. The van der Waals surface area contributed by atoms with E-state index in [0.717, 1.165) is 66.4 Å². The van der Waals surface area contributed by atoms with Gasteiger partial charge in [-0.15, -0.1) is 0 Å². The number of para-hydroxylation sites is 10. The number of nitrogens with one attached hydrogen (secondary N) is 4.